The lowest BCUT2D eigenvalue weighted by Gasteiger charge is -2.01. The zero-order valence-corrected chi connectivity index (χ0v) is 9.50. The summed E-state index contributed by atoms with van der Waals surface area (Å²) in [6, 6.07) is 10.3. The summed E-state index contributed by atoms with van der Waals surface area (Å²) < 4.78 is 0. The van der Waals surface area contributed by atoms with Crippen LogP contribution in [-0.2, 0) is 0 Å². The van der Waals surface area contributed by atoms with Crippen LogP contribution in [0.15, 0.2) is 35.2 Å². The van der Waals surface area contributed by atoms with Crippen LogP contribution in [0.5, 0.6) is 0 Å². The Morgan fingerprint density at radius 3 is 2.81 bits per heavy atom. The number of anilines is 2. The van der Waals surface area contributed by atoms with Gasteiger partial charge in [-0.15, -0.1) is 16.9 Å². The van der Waals surface area contributed by atoms with Gasteiger partial charge in [0.15, 0.2) is 0 Å². The van der Waals surface area contributed by atoms with E-state index < -0.39 is 0 Å². The molecule has 1 aromatic carbocycles. The molecule has 0 amide bonds. The SMILES string of the molecule is Nc1nc(NCCSc2ccccc2)n[nH]1. The molecule has 5 nitrogen and oxygen atoms in total. The fraction of sp³-hybridized carbons (Fsp3) is 0.200. The lowest BCUT2D eigenvalue weighted by molar-refractivity contribution is 1.07. The smallest absolute Gasteiger partial charge is 0.243 e. The Hall–Kier alpha value is -1.69. The van der Waals surface area contributed by atoms with Crippen LogP contribution in [0.4, 0.5) is 11.9 Å². The molecule has 0 aliphatic heterocycles. The Morgan fingerprint density at radius 1 is 1.31 bits per heavy atom. The molecule has 0 saturated carbocycles. The van der Waals surface area contributed by atoms with Crippen molar-refractivity contribution >= 4 is 23.7 Å². The summed E-state index contributed by atoms with van der Waals surface area (Å²) >= 11 is 1.79. The van der Waals surface area contributed by atoms with Gasteiger partial charge in [-0.1, -0.05) is 18.2 Å². The van der Waals surface area contributed by atoms with Gasteiger partial charge in [-0.2, -0.15) is 4.98 Å². The van der Waals surface area contributed by atoms with E-state index in [0.29, 0.717) is 11.9 Å². The number of nitrogen functional groups attached to an aromatic ring is 1. The molecule has 16 heavy (non-hydrogen) atoms. The standard InChI is InChI=1S/C10H13N5S/c11-9-13-10(15-14-9)12-6-7-16-8-4-2-1-3-5-8/h1-5H,6-7H2,(H4,11,12,13,14,15). The minimum atomic E-state index is 0.332. The number of aromatic nitrogens is 3. The molecule has 0 saturated heterocycles. The number of hydrogen-bond donors (Lipinski definition) is 3. The molecule has 0 fully saturated rings. The number of nitrogens with one attached hydrogen (secondary N) is 2. The molecule has 0 unspecified atom stereocenters. The third-order valence-electron chi connectivity index (χ3n) is 1.90. The van der Waals surface area contributed by atoms with Crippen LogP contribution in [0, 0.1) is 0 Å². The highest BCUT2D eigenvalue weighted by Gasteiger charge is 1.98. The summed E-state index contributed by atoms with van der Waals surface area (Å²) in [7, 11) is 0. The Bertz CT molecular complexity index is 428. The van der Waals surface area contributed by atoms with E-state index in [1.165, 1.54) is 4.90 Å². The average molecular weight is 235 g/mol. The summed E-state index contributed by atoms with van der Waals surface area (Å²) in [6.07, 6.45) is 0. The van der Waals surface area contributed by atoms with Gasteiger partial charge < -0.3 is 11.1 Å². The lowest BCUT2D eigenvalue weighted by atomic mass is 10.4. The van der Waals surface area contributed by atoms with Crippen molar-refractivity contribution in [2.75, 3.05) is 23.3 Å². The first kappa shape index (κ1) is 10.8. The lowest BCUT2D eigenvalue weighted by Crippen LogP contribution is -2.05. The molecular formula is C10H13N5S. The first-order chi connectivity index (χ1) is 7.84. The van der Waals surface area contributed by atoms with Crippen molar-refractivity contribution in [1.82, 2.24) is 15.2 Å². The number of benzene rings is 1. The third-order valence-corrected chi connectivity index (χ3v) is 2.91. The predicted octanol–water partition coefficient (Wildman–Crippen LogP) is 1.59. The molecule has 0 bridgehead atoms. The molecule has 0 atom stereocenters. The predicted molar refractivity (Wildman–Crippen MR) is 66.5 cm³/mol. The number of rotatable bonds is 5. The van der Waals surface area contributed by atoms with Crippen molar-refractivity contribution in [2.24, 2.45) is 0 Å². The highest BCUT2D eigenvalue weighted by Crippen LogP contribution is 2.16. The van der Waals surface area contributed by atoms with Crippen LogP contribution in [-0.4, -0.2) is 27.5 Å². The first-order valence-electron chi connectivity index (χ1n) is 4.94. The van der Waals surface area contributed by atoms with E-state index in [1.807, 2.05) is 18.2 Å². The quantitative estimate of drug-likeness (QED) is 0.542. The van der Waals surface area contributed by atoms with Gasteiger partial charge >= 0.3 is 0 Å². The van der Waals surface area contributed by atoms with E-state index in [1.54, 1.807) is 11.8 Å². The third kappa shape index (κ3) is 3.16. The minimum absolute atomic E-state index is 0.332. The van der Waals surface area contributed by atoms with E-state index in [-0.39, 0.29) is 0 Å². The van der Waals surface area contributed by atoms with Gasteiger partial charge in [-0.3, -0.25) is 0 Å². The number of nitrogens with zero attached hydrogens (tertiary/aromatic N) is 2. The number of nitrogens with two attached hydrogens (primary N) is 1. The molecule has 2 aromatic rings. The second-order valence-electron chi connectivity index (χ2n) is 3.13. The van der Waals surface area contributed by atoms with Crippen LogP contribution in [0.25, 0.3) is 0 Å². The van der Waals surface area contributed by atoms with E-state index >= 15 is 0 Å². The normalized spacial score (nSPS) is 10.2. The minimum Gasteiger partial charge on any atom is -0.368 e. The summed E-state index contributed by atoms with van der Waals surface area (Å²) in [5.74, 6) is 1.84. The molecule has 6 heteroatoms. The van der Waals surface area contributed by atoms with Crippen LogP contribution < -0.4 is 11.1 Å². The highest BCUT2D eigenvalue weighted by molar-refractivity contribution is 7.99. The van der Waals surface area contributed by atoms with Gasteiger partial charge in [0.1, 0.15) is 0 Å². The fourth-order valence-electron chi connectivity index (χ4n) is 1.20. The van der Waals surface area contributed by atoms with Gasteiger partial charge in [0, 0.05) is 17.2 Å². The maximum atomic E-state index is 5.40. The van der Waals surface area contributed by atoms with Crippen LogP contribution in [0.2, 0.25) is 0 Å². The maximum Gasteiger partial charge on any atom is 0.243 e. The van der Waals surface area contributed by atoms with E-state index in [2.05, 4.69) is 32.6 Å². The second kappa shape index (κ2) is 5.41. The Morgan fingerprint density at radius 2 is 2.12 bits per heavy atom. The summed E-state index contributed by atoms with van der Waals surface area (Å²) in [4.78, 5) is 5.21. The molecule has 1 aromatic heterocycles. The zero-order valence-electron chi connectivity index (χ0n) is 8.68. The summed E-state index contributed by atoms with van der Waals surface area (Å²) in [5, 5.41) is 9.53. The van der Waals surface area contributed by atoms with Crippen molar-refractivity contribution < 1.29 is 0 Å². The van der Waals surface area contributed by atoms with Crippen LogP contribution in [0.1, 0.15) is 0 Å². The Kier molecular flexibility index (Phi) is 3.66. The molecule has 0 spiro atoms. The average Bonchev–Trinajstić information content (AvgIpc) is 2.72. The fourth-order valence-corrected chi connectivity index (χ4v) is 1.99. The van der Waals surface area contributed by atoms with Gasteiger partial charge in [0.2, 0.25) is 11.9 Å². The number of hydrogen-bond acceptors (Lipinski definition) is 5. The molecule has 84 valence electrons. The maximum absolute atomic E-state index is 5.40. The first-order valence-corrected chi connectivity index (χ1v) is 5.93. The zero-order chi connectivity index (χ0) is 11.2. The van der Waals surface area contributed by atoms with Crippen LogP contribution >= 0.6 is 11.8 Å². The number of thioether (sulfide) groups is 1. The van der Waals surface area contributed by atoms with Crippen molar-refractivity contribution in [2.45, 2.75) is 4.90 Å². The molecular weight excluding hydrogens is 222 g/mol. The molecule has 4 N–H and O–H groups in total. The number of H-pyrrole nitrogens is 1. The highest BCUT2D eigenvalue weighted by atomic mass is 32.2. The molecule has 0 aliphatic rings. The van der Waals surface area contributed by atoms with E-state index in [0.717, 1.165) is 12.3 Å². The van der Waals surface area contributed by atoms with Gasteiger partial charge in [0.05, 0.1) is 0 Å². The molecule has 0 radical (unpaired) electrons. The topological polar surface area (TPSA) is 79.6 Å². The largest absolute Gasteiger partial charge is 0.368 e. The summed E-state index contributed by atoms with van der Waals surface area (Å²) in [6.45, 7) is 0.802. The second-order valence-corrected chi connectivity index (χ2v) is 4.30. The molecule has 0 aliphatic carbocycles. The van der Waals surface area contributed by atoms with Crippen molar-refractivity contribution in [3.8, 4) is 0 Å². The van der Waals surface area contributed by atoms with Gasteiger partial charge in [-0.05, 0) is 12.1 Å². The van der Waals surface area contributed by atoms with Gasteiger partial charge in [-0.25, -0.2) is 5.10 Å². The Labute approximate surface area is 97.8 Å². The monoisotopic (exact) mass is 235 g/mol. The Balaban J connectivity index is 1.69. The van der Waals surface area contributed by atoms with Crippen molar-refractivity contribution in [3.05, 3.63) is 30.3 Å². The van der Waals surface area contributed by atoms with Gasteiger partial charge in [0.25, 0.3) is 0 Å². The molecule has 1 heterocycles. The van der Waals surface area contributed by atoms with Crippen molar-refractivity contribution in [3.63, 3.8) is 0 Å². The van der Waals surface area contributed by atoms with Crippen molar-refractivity contribution in [1.29, 1.82) is 0 Å². The van der Waals surface area contributed by atoms with E-state index in [9.17, 15) is 0 Å². The van der Waals surface area contributed by atoms with Crippen LogP contribution in [0.3, 0.4) is 0 Å². The van der Waals surface area contributed by atoms with E-state index in [4.69, 9.17) is 5.73 Å². The number of aromatic amines is 1. The molecule has 2 rings (SSSR count). The summed E-state index contributed by atoms with van der Waals surface area (Å²) in [5.41, 5.74) is 5.40.